The van der Waals surface area contributed by atoms with Crippen molar-refractivity contribution in [2.45, 2.75) is 5.03 Å². The molecule has 0 amide bonds. The number of benzene rings is 2. The van der Waals surface area contributed by atoms with E-state index < -0.39 is 4.92 Å². The fourth-order valence-corrected chi connectivity index (χ4v) is 2.98. The standard InChI is InChI=1S/C17H12N2O3S/c20-16(13-5-8-14(9-6-13)19(21)22)11-23-17-10-7-12-3-1-2-4-15(12)18-17/h1-10H,11H2/p+1. The van der Waals surface area contributed by atoms with E-state index in [9.17, 15) is 14.9 Å². The van der Waals surface area contributed by atoms with Gasteiger partial charge in [-0.25, -0.2) is 0 Å². The topological polar surface area (TPSA) is 74.3 Å². The Balaban J connectivity index is 1.68. The zero-order valence-electron chi connectivity index (χ0n) is 12.1. The second kappa shape index (κ2) is 6.58. The lowest BCUT2D eigenvalue weighted by Crippen LogP contribution is -2.09. The summed E-state index contributed by atoms with van der Waals surface area (Å²) in [7, 11) is 0. The molecule has 0 spiro atoms. The summed E-state index contributed by atoms with van der Waals surface area (Å²) < 4.78 is 0. The van der Waals surface area contributed by atoms with Crippen LogP contribution in [0.4, 0.5) is 5.69 Å². The summed E-state index contributed by atoms with van der Waals surface area (Å²) in [6.07, 6.45) is 0. The Hall–Kier alpha value is -2.73. The van der Waals surface area contributed by atoms with Gasteiger partial charge in [0.15, 0.2) is 5.78 Å². The summed E-state index contributed by atoms with van der Waals surface area (Å²) in [6.45, 7) is 0. The number of hydrogen-bond acceptors (Lipinski definition) is 4. The van der Waals surface area contributed by atoms with Crippen molar-refractivity contribution in [1.29, 1.82) is 0 Å². The van der Waals surface area contributed by atoms with Crippen LogP contribution in [0.1, 0.15) is 10.4 Å². The molecule has 0 aliphatic rings. The van der Waals surface area contributed by atoms with Crippen molar-refractivity contribution < 1.29 is 14.7 Å². The molecule has 1 N–H and O–H groups in total. The average Bonchev–Trinajstić information content (AvgIpc) is 2.59. The summed E-state index contributed by atoms with van der Waals surface area (Å²) in [6, 6.07) is 17.5. The summed E-state index contributed by atoms with van der Waals surface area (Å²) >= 11 is 1.41. The maximum absolute atomic E-state index is 12.2. The average molecular weight is 325 g/mol. The van der Waals surface area contributed by atoms with Gasteiger partial charge in [-0.05, 0) is 36.0 Å². The van der Waals surface area contributed by atoms with Crippen molar-refractivity contribution in [3.05, 3.63) is 76.3 Å². The molecule has 0 fully saturated rings. The van der Waals surface area contributed by atoms with Gasteiger partial charge in [0.1, 0.15) is 0 Å². The molecule has 0 saturated heterocycles. The highest BCUT2D eigenvalue weighted by atomic mass is 32.2. The molecule has 0 atom stereocenters. The van der Waals surface area contributed by atoms with Crippen LogP contribution >= 0.6 is 11.8 Å². The van der Waals surface area contributed by atoms with Gasteiger partial charge in [-0.15, -0.1) is 0 Å². The van der Waals surface area contributed by atoms with E-state index in [-0.39, 0.29) is 17.2 Å². The number of H-pyrrole nitrogens is 1. The van der Waals surface area contributed by atoms with Crippen LogP contribution in [0, 0.1) is 10.1 Å². The third-order valence-corrected chi connectivity index (χ3v) is 4.35. The lowest BCUT2D eigenvalue weighted by atomic mass is 10.1. The van der Waals surface area contributed by atoms with Gasteiger partial charge in [-0.1, -0.05) is 12.1 Å². The van der Waals surface area contributed by atoms with Gasteiger partial charge in [-0.3, -0.25) is 14.9 Å². The van der Waals surface area contributed by atoms with Crippen molar-refractivity contribution in [3.8, 4) is 0 Å². The van der Waals surface area contributed by atoms with Crippen molar-refractivity contribution >= 4 is 34.1 Å². The minimum absolute atomic E-state index is 0.0166. The fraction of sp³-hybridized carbons (Fsp3) is 0.0588. The zero-order valence-corrected chi connectivity index (χ0v) is 12.9. The number of non-ortho nitro benzene ring substituents is 1. The van der Waals surface area contributed by atoms with E-state index in [1.807, 2.05) is 36.4 Å². The molecule has 5 nitrogen and oxygen atoms in total. The quantitative estimate of drug-likeness (QED) is 0.311. The van der Waals surface area contributed by atoms with Crippen LogP contribution in [-0.4, -0.2) is 16.5 Å². The van der Waals surface area contributed by atoms with Gasteiger partial charge in [0, 0.05) is 35.2 Å². The number of para-hydroxylation sites is 1. The van der Waals surface area contributed by atoms with Gasteiger partial charge >= 0.3 is 0 Å². The molecule has 0 aliphatic carbocycles. The van der Waals surface area contributed by atoms with E-state index in [1.165, 1.54) is 36.0 Å². The Labute approximate surface area is 136 Å². The predicted molar refractivity (Wildman–Crippen MR) is 88.7 cm³/mol. The van der Waals surface area contributed by atoms with Gasteiger partial charge < -0.3 is 0 Å². The Kier molecular flexibility index (Phi) is 4.34. The molecule has 0 radical (unpaired) electrons. The Morgan fingerprint density at radius 2 is 1.78 bits per heavy atom. The highest BCUT2D eigenvalue weighted by molar-refractivity contribution is 7.99. The SMILES string of the molecule is O=C(CSc1ccc2ccccc2[nH+]1)c1ccc([N+](=O)[O-])cc1. The number of Topliss-reactive ketones (excluding diaryl/α,β-unsaturated/α-hetero) is 1. The smallest absolute Gasteiger partial charge is 0.269 e. The van der Waals surface area contributed by atoms with Crippen LogP contribution in [0.15, 0.2) is 65.7 Å². The number of aromatic nitrogens is 1. The van der Waals surface area contributed by atoms with Crippen LogP contribution < -0.4 is 4.98 Å². The minimum atomic E-state index is -0.479. The summed E-state index contributed by atoms with van der Waals surface area (Å²) in [5.74, 6) is 0.207. The second-order valence-electron chi connectivity index (χ2n) is 4.93. The molecule has 23 heavy (non-hydrogen) atoms. The first kappa shape index (κ1) is 15.2. The zero-order chi connectivity index (χ0) is 16.2. The van der Waals surface area contributed by atoms with Crippen molar-refractivity contribution in [1.82, 2.24) is 0 Å². The fourth-order valence-electron chi connectivity index (χ4n) is 2.18. The first-order valence-corrected chi connectivity index (χ1v) is 7.93. The molecule has 3 aromatic rings. The van der Waals surface area contributed by atoms with E-state index in [1.54, 1.807) is 0 Å². The number of pyridine rings is 1. The van der Waals surface area contributed by atoms with Gasteiger partial charge in [0.05, 0.1) is 10.7 Å². The lowest BCUT2D eigenvalue weighted by molar-refractivity contribution is -0.395. The summed E-state index contributed by atoms with van der Waals surface area (Å²) in [5.41, 5.74) is 1.47. The van der Waals surface area contributed by atoms with E-state index in [0.717, 1.165) is 15.9 Å². The molecule has 2 aromatic carbocycles. The highest BCUT2D eigenvalue weighted by Gasteiger charge is 2.12. The van der Waals surface area contributed by atoms with Gasteiger partial charge in [0.25, 0.3) is 5.69 Å². The first-order chi connectivity index (χ1) is 11.1. The third kappa shape index (κ3) is 3.54. The van der Waals surface area contributed by atoms with Crippen LogP contribution in [0.3, 0.4) is 0 Å². The molecule has 0 bridgehead atoms. The summed E-state index contributed by atoms with van der Waals surface area (Å²) in [4.78, 5) is 25.6. The number of nitro groups is 1. The molecule has 1 aromatic heterocycles. The first-order valence-electron chi connectivity index (χ1n) is 6.95. The van der Waals surface area contributed by atoms with E-state index in [2.05, 4.69) is 4.98 Å². The Bertz CT molecular complexity index is 878. The number of thioether (sulfide) groups is 1. The molecule has 114 valence electrons. The van der Waals surface area contributed by atoms with Crippen LogP contribution in [0.25, 0.3) is 10.9 Å². The maximum atomic E-state index is 12.2. The van der Waals surface area contributed by atoms with Gasteiger partial charge in [-0.2, -0.15) is 4.98 Å². The predicted octanol–water partition coefficient (Wildman–Crippen LogP) is 3.54. The molecule has 0 unspecified atom stereocenters. The third-order valence-electron chi connectivity index (χ3n) is 3.39. The molecular weight excluding hydrogens is 312 g/mol. The van der Waals surface area contributed by atoms with Crippen molar-refractivity contribution in [2.24, 2.45) is 0 Å². The maximum Gasteiger partial charge on any atom is 0.269 e. The number of ketones is 1. The monoisotopic (exact) mass is 325 g/mol. The number of nitrogens with one attached hydrogen (secondary N) is 1. The Morgan fingerprint density at radius 3 is 2.52 bits per heavy atom. The van der Waals surface area contributed by atoms with E-state index in [0.29, 0.717) is 5.56 Å². The number of rotatable bonds is 5. The van der Waals surface area contributed by atoms with Crippen LogP contribution in [0.5, 0.6) is 0 Å². The largest absolute Gasteiger partial charge is 0.293 e. The molecule has 0 aliphatic heterocycles. The normalized spacial score (nSPS) is 10.6. The number of aromatic amines is 1. The molecular formula is C17H13N2O3S+. The van der Waals surface area contributed by atoms with Crippen molar-refractivity contribution in [3.63, 3.8) is 0 Å². The molecule has 0 saturated carbocycles. The number of nitro benzene ring substituents is 1. The molecule has 6 heteroatoms. The number of fused-ring (bicyclic) bond motifs is 1. The number of carbonyl (C=O) groups is 1. The minimum Gasteiger partial charge on any atom is -0.293 e. The van der Waals surface area contributed by atoms with E-state index >= 15 is 0 Å². The summed E-state index contributed by atoms with van der Waals surface area (Å²) in [5, 5.41) is 12.6. The highest BCUT2D eigenvalue weighted by Crippen LogP contribution is 2.19. The van der Waals surface area contributed by atoms with E-state index in [4.69, 9.17) is 0 Å². The van der Waals surface area contributed by atoms with Gasteiger partial charge in [0.2, 0.25) is 10.5 Å². The van der Waals surface area contributed by atoms with Crippen LogP contribution in [-0.2, 0) is 0 Å². The van der Waals surface area contributed by atoms with Crippen LogP contribution in [0.2, 0.25) is 0 Å². The molecule has 1 heterocycles. The second-order valence-corrected chi connectivity index (χ2v) is 5.94. The van der Waals surface area contributed by atoms with Crippen molar-refractivity contribution in [2.75, 3.05) is 5.75 Å². The Morgan fingerprint density at radius 1 is 1.04 bits per heavy atom. The number of carbonyl (C=O) groups excluding carboxylic acids is 1. The molecule has 3 rings (SSSR count). The lowest BCUT2D eigenvalue weighted by Gasteiger charge is -1.99. The number of nitrogens with zero attached hydrogens (tertiary/aromatic N) is 1. The number of hydrogen-bond donors (Lipinski definition) is 0.